The van der Waals surface area contributed by atoms with Crippen molar-refractivity contribution in [3.05, 3.63) is 29.0 Å². The predicted molar refractivity (Wildman–Crippen MR) is 73.9 cm³/mol. The van der Waals surface area contributed by atoms with Crippen molar-refractivity contribution in [1.29, 1.82) is 0 Å². The number of rotatable bonds is 4. The molecule has 4 nitrogen and oxygen atoms in total. The van der Waals surface area contributed by atoms with Crippen molar-refractivity contribution in [2.45, 2.75) is 26.3 Å². The van der Waals surface area contributed by atoms with E-state index in [1.807, 2.05) is 19.1 Å². The monoisotopic (exact) mass is 282 g/mol. The highest BCUT2D eigenvalue weighted by molar-refractivity contribution is 6.29. The second-order valence-corrected chi connectivity index (χ2v) is 5.14. The van der Waals surface area contributed by atoms with Crippen LogP contribution in [0.15, 0.2) is 18.2 Å². The number of aromatic nitrogens is 1. The fourth-order valence-corrected chi connectivity index (χ4v) is 2.54. The van der Waals surface area contributed by atoms with Crippen molar-refractivity contribution >= 4 is 17.6 Å². The number of likely N-dealkylation sites (tertiary alicyclic amines) is 1. The molecule has 1 saturated heterocycles. The molecule has 2 heterocycles. The summed E-state index contributed by atoms with van der Waals surface area (Å²) in [5.41, 5.74) is 0.974. The van der Waals surface area contributed by atoms with Crippen LogP contribution in [0.25, 0.3) is 0 Å². The number of piperidine rings is 1. The van der Waals surface area contributed by atoms with Crippen molar-refractivity contribution in [2.75, 3.05) is 19.7 Å². The van der Waals surface area contributed by atoms with E-state index in [0.717, 1.165) is 38.2 Å². The Hall–Kier alpha value is -1.13. The van der Waals surface area contributed by atoms with Crippen LogP contribution >= 0.6 is 11.6 Å². The van der Waals surface area contributed by atoms with Gasteiger partial charge in [0.25, 0.3) is 0 Å². The molecule has 0 N–H and O–H groups in total. The van der Waals surface area contributed by atoms with Crippen LogP contribution in [0.1, 0.15) is 25.5 Å². The van der Waals surface area contributed by atoms with Gasteiger partial charge < -0.3 is 4.74 Å². The second-order valence-electron chi connectivity index (χ2n) is 4.75. The molecule has 0 aromatic carbocycles. The third-order valence-electron chi connectivity index (χ3n) is 3.37. The summed E-state index contributed by atoms with van der Waals surface area (Å²) in [6.07, 6.45) is 1.72. The van der Waals surface area contributed by atoms with Gasteiger partial charge in [-0.3, -0.25) is 9.69 Å². The minimum Gasteiger partial charge on any atom is -0.466 e. The smallest absolute Gasteiger partial charge is 0.309 e. The Labute approximate surface area is 118 Å². The Bertz CT molecular complexity index is 431. The van der Waals surface area contributed by atoms with E-state index in [-0.39, 0.29) is 11.9 Å². The number of carbonyl (C=O) groups excluding carboxylic acids is 1. The van der Waals surface area contributed by atoms with Crippen molar-refractivity contribution < 1.29 is 9.53 Å². The molecule has 0 amide bonds. The maximum atomic E-state index is 11.6. The zero-order chi connectivity index (χ0) is 13.7. The average Bonchev–Trinajstić information content (AvgIpc) is 2.40. The molecular weight excluding hydrogens is 264 g/mol. The summed E-state index contributed by atoms with van der Waals surface area (Å²) < 4.78 is 5.06. The van der Waals surface area contributed by atoms with E-state index in [4.69, 9.17) is 16.3 Å². The number of hydrogen-bond acceptors (Lipinski definition) is 4. The lowest BCUT2D eigenvalue weighted by Crippen LogP contribution is -2.36. The molecule has 0 unspecified atom stereocenters. The first-order chi connectivity index (χ1) is 9.19. The van der Waals surface area contributed by atoms with Gasteiger partial charge in [-0.1, -0.05) is 17.7 Å². The van der Waals surface area contributed by atoms with E-state index >= 15 is 0 Å². The maximum Gasteiger partial charge on any atom is 0.309 e. The maximum absolute atomic E-state index is 11.6. The van der Waals surface area contributed by atoms with Gasteiger partial charge in [0.05, 0.1) is 18.2 Å². The van der Waals surface area contributed by atoms with Crippen LogP contribution in [0.4, 0.5) is 0 Å². The SMILES string of the molecule is CCOC(=O)C1CCN(Cc2cccc(Cl)n2)CC1. The summed E-state index contributed by atoms with van der Waals surface area (Å²) in [4.78, 5) is 18.2. The lowest BCUT2D eigenvalue weighted by molar-refractivity contribution is -0.149. The molecule has 1 aliphatic rings. The summed E-state index contributed by atoms with van der Waals surface area (Å²) in [7, 11) is 0. The van der Waals surface area contributed by atoms with E-state index in [2.05, 4.69) is 9.88 Å². The average molecular weight is 283 g/mol. The first kappa shape index (κ1) is 14.3. The Kier molecular flexibility index (Phi) is 5.16. The summed E-state index contributed by atoms with van der Waals surface area (Å²) in [5, 5.41) is 0.527. The summed E-state index contributed by atoms with van der Waals surface area (Å²) in [6, 6.07) is 5.66. The van der Waals surface area contributed by atoms with Crippen LogP contribution in [0.5, 0.6) is 0 Å². The standard InChI is InChI=1S/C14H19ClN2O2/c1-2-19-14(18)11-6-8-17(9-7-11)10-12-4-3-5-13(15)16-12/h3-5,11H,2,6-10H2,1H3. The van der Waals surface area contributed by atoms with E-state index in [1.165, 1.54) is 0 Å². The Balaban J connectivity index is 1.82. The normalized spacial score (nSPS) is 17.4. The Morgan fingerprint density at radius 1 is 1.47 bits per heavy atom. The summed E-state index contributed by atoms with van der Waals surface area (Å²) in [6.45, 7) is 4.90. The van der Waals surface area contributed by atoms with E-state index in [9.17, 15) is 4.79 Å². The molecule has 5 heteroatoms. The van der Waals surface area contributed by atoms with Crippen LogP contribution in [-0.2, 0) is 16.1 Å². The van der Waals surface area contributed by atoms with Gasteiger partial charge in [0, 0.05) is 6.54 Å². The molecule has 0 spiro atoms. The number of pyridine rings is 1. The molecule has 0 atom stereocenters. The van der Waals surface area contributed by atoms with Crippen LogP contribution in [0.3, 0.4) is 0 Å². The van der Waals surface area contributed by atoms with Gasteiger partial charge in [-0.2, -0.15) is 0 Å². The fourth-order valence-electron chi connectivity index (χ4n) is 2.35. The van der Waals surface area contributed by atoms with Gasteiger partial charge >= 0.3 is 5.97 Å². The van der Waals surface area contributed by atoms with Crippen LogP contribution in [0.2, 0.25) is 5.15 Å². The third kappa shape index (κ3) is 4.18. The molecule has 19 heavy (non-hydrogen) atoms. The van der Waals surface area contributed by atoms with E-state index < -0.39 is 0 Å². The van der Waals surface area contributed by atoms with E-state index in [1.54, 1.807) is 6.07 Å². The zero-order valence-electron chi connectivity index (χ0n) is 11.1. The Morgan fingerprint density at radius 3 is 2.84 bits per heavy atom. The molecule has 0 radical (unpaired) electrons. The zero-order valence-corrected chi connectivity index (χ0v) is 11.9. The number of esters is 1. The quantitative estimate of drug-likeness (QED) is 0.629. The summed E-state index contributed by atoms with van der Waals surface area (Å²) >= 11 is 5.87. The Morgan fingerprint density at radius 2 is 2.21 bits per heavy atom. The molecule has 2 rings (SSSR count). The van der Waals surface area contributed by atoms with Gasteiger partial charge in [0.2, 0.25) is 0 Å². The van der Waals surface area contributed by atoms with Gasteiger partial charge in [0.1, 0.15) is 5.15 Å². The lowest BCUT2D eigenvalue weighted by atomic mass is 9.97. The number of ether oxygens (including phenoxy) is 1. The van der Waals surface area contributed by atoms with Gasteiger partial charge in [-0.25, -0.2) is 4.98 Å². The first-order valence-electron chi connectivity index (χ1n) is 6.69. The number of nitrogens with zero attached hydrogens (tertiary/aromatic N) is 2. The van der Waals surface area contributed by atoms with Crippen LogP contribution in [-0.4, -0.2) is 35.5 Å². The largest absolute Gasteiger partial charge is 0.466 e. The molecular formula is C14H19ClN2O2. The van der Waals surface area contributed by atoms with Gasteiger partial charge in [-0.05, 0) is 45.0 Å². The minimum absolute atomic E-state index is 0.0527. The highest BCUT2D eigenvalue weighted by Crippen LogP contribution is 2.20. The highest BCUT2D eigenvalue weighted by atomic mass is 35.5. The van der Waals surface area contributed by atoms with Crippen LogP contribution < -0.4 is 0 Å². The highest BCUT2D eigenvalue weighted by Gasteiger charge is 2.25. The van der Waals surface area contributed by atoms with Gasteiger partial charge in [0.15, 0.2) is 0 Å². The first-order valence-corrected chi connectivity index (χ1v) is 7.07. The molecule has 1 aromatic heterocycles. The van der Waals surface area contributed by atoms with Crippen molar-refractivity contribution in [3.63, 3.8) is 0 Å². The minimum atomic E-state index is -0.0527. The number of carbonyl (C=O) groups is 1. The molecule has 1 fully saturated rings. The number of hydrogen-bond donors (Lipinski definition) is 0. The predicted octanol–water partition coefficient (Wildman–Crippen LogP) is 2.51. The molecule has 0 bridgehead atoms. The fraction of sp³-hybridized carbons (Fsp3) is 0.571. The van der Waals surface area contributed by atoms with Crippen molar-refractivity contribution in [3.8, 4) is 0 Å². The van der Waals surface area contributed by atoms with E-state index in [0.29, 0.717) is 11.8 Å². The molecule has 104 valence electrons. The van der Waals surface area contributed by atoms with Crippen molar-refractivity contribution in [2.24, 2.45) is 5.92 Å². The van der Waals surface area contributed by atoms with Gasteiger partial charge in [-0.15, -0.1) is 0 Å². The molecule has 0 aliphatic carbocycles. The molecule has 1 aromatic rings. The van der Waals surface area contributed by atoms with Crippen LogP contribution in [0, 0.1) is 5.92 Å². The van der Waals surface area contributed by atoms with Crippen molar-refractivity contribution in [1.82, 2.24) is 9.88 Å². The summed E-state index contributed by atoms with van der Waals surface area (Å²) in [5.74, 6) is 0.00607. The molecule has 1 aliphatic heterocycles. The third-order valence-corrected chi connectivity index (χ3v) is 3.58. The topological polar surface area (TPSA) is 42.4 Å². The second kappa shape index (κ2) is 6.87. The molecule has 0 saturated carbocycles. The number of halogens is 1. The lowest BCUT2D eigenvalue weighted by Gasteiger charge is -2.30.